The molecule has 0 spiro atoms. The lowest BCUT2D eigenvalue weighted by Gasteiger charge is -2.14. The van der Waals surface area contributed by atoms with Crippen molar-refractivity contribution in [2.75, 3.05) is 19.8 Å². The highest BCUT2D eigenvalue weighted by Crippen LogP contribution is 2.31. The fraction of sp³-hybridized carbons (Fsp3) is 0.308. The smallest absolute Gasteiger partial charge is 0.119 e. The molecule has 154 valence electrons. The van der Waals surface area contributed by atoms with Crippen LogP contribution in [0.3, 0.4) is 0 Å². The summed E-state index contributed by atoms with van der Waals surface area (Å²) in [5.74, 6) is 1.67. The number of aryl methyl sites for hydroxylation is 1. The molecule has 2 aromatic carbocycles. The maximum atomic E-state index is 9.09. The Morgan fingerprint density at radius 1 is 0.931 bits per heavy atom. The largest absolute Gasteiger partial charge is 0.493 e. The number of rotatable bonds is 14. The van der Waals surface area contributed by atoms with E-state index >= 15 is 0 Å². The average Bonchev–Trinajstić information content (AvgIpc) is 2.75. The van der Waals surface area contributed by atoms with Crippen LogP contribution in [0.2, 0.25) is 0 Å². The van der Waals surface area contributed by atoms with Gasteiger partial charge in [0.1, 0.15) is 11.5 Å². The molecule has 29 heavy (non-hydrogen) atoms. The second kappa shape index (κ2) is 12.6. The molecule has 2 aromatic rings. The summed E-state index contributed by atoms with van der Waals surface area (Å²) in [7, 11) is 0. The van der Waals surface area contributed by atoms with Crippen LogP contribution in [0.25, 0.3) is 11.1 Å². The van der Waals surface area contributed by atoms with E-state index in [1.54, 1.807) is 0 Å². The van der Waals surface area contributed by atoms with E-state index in [4.69, 9.17) is 14.6 Å². The Balaban J connectivity index is 2.23. The van der Waals surface area contributed by atoms with Crippen molar-refractivity contribution in [3.63, 3.8) is 0 Å². The summed E-state index contributed by atoms with van der Waals surface area (Å²) in [6.45, 7) is 12.5. The maximum Gasteiger partial charge on any atom is 0.119 e. The van der Waals surface area contributed by atoms with Crippen LogP contribution < -0.4 is 9.47 Å². The molecule has 0 aromatic heterocycles. The third-order valence-corrected chi connectivity index (χ3v) is 4.62. The summed E-state index contributed by atoms with van der Waals surface area (Å²) in [6, 6.07) is 14.4. The number of ether oxygens (including phenoxy) is 2. The molecular weight excluding hydrogens is 360 g/mol. The van der Waals surface area contributed by atoms with Crippen molar-refractivity contribution in [2.45, 2.75) is 32.1 Å². The number of hydrogen-bond acceptors (Lipinski definition) is 3. The number of benzene rings is 2. The van der Waals surface area contributed by atoms with E-state index in [2.05, 4.69) is 44.0 Å². The topological polar surface area (TPSA) is 38.7 Å². The fourth-order valence-corrected chi connectivity index (χ4v) is 2.97. The van der Waals surface area contributed by atoms with Crippen LogP contribution in [-0.4, -0.2) is 24.9 Å². The first-order chi connectivity index (χ1) is 14.2. The van der Waals surface area contributed by atoms with Gasteiger partial charge in [-0.25, -0.2) is 0 Å². The molecule has 0 unspecified atom stereocenters. The highest BCUT2D eigenvalue weighted by atomic mass is 16.5. The normalized spacial score (nSPS) is 10.4. The summed E-state index contributed by atoms with van der Waals surface area (Å²) in [5, 5.41) is 9.09. The minimum absolute atomic E-state index is 0.00447. The van der Waals surface area contributed by atoms with Crippen LogP contribution in [0.15, 0.2) is 79.9 Å². The highest BCUT2D eigenvalue weighted by molar-refractivity contribution is 5.70. The summed E-state index contributed by atoms with van der Waals surface area (Å²) in [6.07, 6.45) is 8.30. The molecule has 0 fully saturated rings. The molecule has 0 atom stereocenters. The maximum absolute atomic E-state index is 9.09. The lowest BCUT2D eigenvalue weighted by molar-refractivity contribution is 0.294. The standard InChI is InChI=1S/C26H32O3/c1-4-6-8-10-22-13-14-25(29-17-15-21(3)20-27)19-26(22)23-11-9-12-24(18-23)28-16-7-5-2/h4-5,9,11-14,18-19,27H,1-3,6-8,10,15-17,20H2. The first-order valence-corrected chi connectivity index (χ1v) is 10.2. The molecule has 3 heteroatoms. The number of unbranched alkanes of at least 4 members (excludes halogenated alkanes) is 1. The first kappa shape index (κ1) is 22.5. The molecule has 0 saturated heterocycles. The molecule has 2 rings (SSSR count). The Hall–Kier alpha value is -2.78. The van der Waals surface area contributed by atoms with E-state index in [9.17, 15) is 0 Å². The fourth-order valence-electron chi connectivity index (χ4n) is 2.97. The Morgan fingerprint density at radius 2 is 1.69 bits per heavy atom. The van der Waals surface area contributed by atoms with Crippen molar-refractivity contribution < 1.29 is 14.6 Å². The molecule has 0 aliphatic carbocycles. The number of hydrogen-bond donors (Lipinski definition) is 1. The van der Waals surface area contributed by atoms with E-state index in [0.717, 1.165) is 53.9 Å². The zero-order chi connectivity index (χ0) is 20.9. The predicted molar refractivity (Wildman–Crippen MR) is 122 cm³/mol. The lowest BCUT2D eigenvalue weighted by Crippen LogP contribution is -2.01. The van der Waals surface area contributed by atoms with Crippen LogP contribution >= 0.6 is 0 Å². The molecule has 0 aliphatic rings. The van der Waals surface area contributed by atoms with Gasteiger partial charge in [0, 0.05) is 6.42 Å². The lowest BCUT2D eigenvalue weighted by atomic mass is 9.95. The van der Waals surface area contributed by atoms with Gasteiger partial charge in [-0.15, -0.1) is 13.2 Å². The Morgan fingerprint density at radius 3 is 2.45 bits per heavy atom. The van der Waals surface area contributed by atoms with Crippen molar-refractivity contribution in [2.24, 2.45) is 0 Å². The molecule has 3 nitrogen and oxygen atoms in total. The molecule has 0 saturated carbocycles. The quantitative estimate of drug-likeness (QED) is 0.310. The zero-order valence-corrected chi connectivity index (χ0v) is 17.2. The molecule has 0 aliphatic heterocycles. The van der Waals surface area contributed by atoms with Crippen LogP contribution in [0, 0.1) is 0 Å². The van der Waals surface area contributed by atoms with E-state index in [1.165, 1.54) is 5.56 Å². The average molecular weight is 393 g/mol. The van der Waals surface area contributed by atoms with E-state index < -0.39 is 0 Å². The van der Waals surface area contributed by atoms with Crippen LogP contribution in [-0.2, 0) is 6.42 Å². The third kappa shape index (κ3) is 7.63. The number of aliphatic hydroxyl groups excluding tert-OH is 1. The Labute approximate surface area is 175 Å². The van der Waals surface area contributed by atoms with Crippen LogP contribution in [0.5, 0.6) is 11.5 Å². The zero-order valence-electron chi connectivity index (χ0n) is 17.2. The van der Waals surface area contributed by atoms with Gasteiger partial charge in [-0.05, 0) is 72.2 Å². The van der Waals surface area contributed by atoms with Crippen molar-refractivity contribution in [1.82, 2.24) is 0 Å². The van der Waals surface area contributed by atoms with Gasteiger partial charge in [-0.2, -0.15) is 0 Å². The molecular formula is C26H32O3. The van der Waals surface area contributed by atoms with Gasteiger partial charge in [0.15, 0.2) is 0 Å². The number of allylic oxidation sites excluding steroid dienone is 1. The summed E-state index contributed by atoms with van der Waals surface area (Å²) >= 11 is 0. The third-order valence-electron chi connectivity index (χ3n) is 4.62. The minimum Gasteiger partial charge on any atom is -0.493 e. The van der Waals surface area contributed by atoms with Gasteiger partial charge >= 0.3 is 0 Å². The molecule has 0 amide bonds. The van der Waals surface area contributed by atoms with Gasteiger partial charge in [-0.1, -0.05) is 36.9 Å². The highest BCUT2D eigenvalue weighted by Gasteiger charge is 2.09. The van der Waals surface area contributed by atoms with Gasteiger partial charge in [0.2, 0.25) is 0 Å². The number of aliphatic hydroxyl groups is 1. The SMILES string of the molecule is C=CCCCc1ccc(OCCC(=C)CO)cc1-c1cccc(OCCC=C)c1. The van der Waals surface area contributed by atoms with Crippen molar-refractivity contribution >= 4 is 0 Å². The predicted octanol–water partition coefficient (Wildman–Crippen LogP) is 6.13. The second-order valence-electron chi connectivity index (χ2n) is 6.96. The van der Waals surface area contributed by atoms with Gasteiger partial charge in [0.05, 0.1) is 19.8 Å². The van der Waals surface area contributed by atoms with Crippen molar-refractivity contribution in [1.29, 1.82) is 0 Å². The van der Waals surface area contributed by atoms with Crippen LogP contribution in [0.4, 0.5) is 0 Å². The second-order valence-corrected chi connectivity index (χ2v) is 6.96. The summed E-state index contributed by atoms with van der Waals surface area (Å²) in [4.78, 5) is 0. The minimum atomic E-state index is -0.00447. The van der Waals surface area contributed by atoms with E-state index in [0.29, 0.717) is 19.6 Å². The van der Waals surface area contributed by atoms with Crippen molar-refractivity contribution in [3.8, 4) is 22.6 Å². The van der Waals surface area contributed by atoms with Crippen molar-refractivity contribution in [3.05, 3.63) is 85.5 Å². The van der Waals surface area contributed by atoms with Gasteiger partial charge in [0.25, 0.3) is 0 Å². The van der Waals surface area contributed by atoms with E-state index in [-0.39, 0.29) is 6.61 Å². The molecule has 0 bridgehead atoms. The first-order valence-electron chi connectivity index (χ1n) is 10.2. The van der Waals surface area contributed by atoms with Gasteiger partial charge in [-0.3, -0.25) is 0 Å². The van der Waals surface area contributed by atoms with Crippen LogP contribution in [0.1, 0.15) is 31.2 Å². The van der Waals surface area contributed by atoms with E-state index in [1.807, 2.05) is 30.4 Å². The summed E-state index contributed by atoms with van der Waals surface area (Å²) < 4.78 is 11.7. The Bertz CT molecular complexity index is 807. The Kier molecular flexibility index (Phi) is 9.81. The molecule has 0 heterocycles. The monoisotopic (exact) mass is 392 g/mol. The molecule has 0 radical (unpaired) electrons. The summed E-state index contributed by atoms with van der Waals surface area (Å²) in [5.41, 5.74) is 4.32. The molecule has 1 N–H and O–H groups in total. The van der Waals surface area contributed by atoms with Gasteiger partial charge < -0.3 is 14.6 Å².